The topological polar surface area (TPSA) is 102 Å². The second kappa shape index (κ2) is 6.58. The van der Waals surface area contributed by atoms with Crippen LogP contribution in [0.15, 0.2) is 65.2 Å². The zero-order valence-corrected chi connectivity index (χ0v) is 14.3. The second-order valence-electron chi connectivity index (χ2n) is 5.46. The Morgan fingerprint density at radius 3 is 2.44 bits per heavy atom. The van der Waals surface area contributed by atoms with Crippen molar-refractivity contribution in [3.63, 3.8) is 0 Å². The summed E-state index contributed by atoms with van der Waals surface area (Å²) in [5.74, 6) is 0.455. The molecule has 2 aromatic carbocycles. The van der Waals surface area contributed by atoms with Crippen molar-refractivity contribution in [2.24, 2.45) is 5.14 Å². The van der Waals surface area contributed by atoms with Gasteiger partial charge in [0, 0.05) is 17.5 Å². The molecular weight excluding hydrogens is 342 g/mol. The molecule has 0 fully saturated rings. The van der Waals surface area contributed by atoms with Crippen LogP contribution in [0.25, 0.3) is 0 Å². The maximum Gasteiger partial charge on any atom is 0.253 e. The minimum atomic E-state index is -3.73. The van der Waals surface area contributed by atoms with E-state index in [-0.39, 0.29) is 10.8 Å². The second-order valence-corrected chi connectivity index (χ2v) is 7.02. The largest absolute Gasteiger partial charge is 0.495 e. The third kappa shape index (κ3) is 3.65. The Hall–Kier alpha value is -2.84. The first-order valence-corrected chi connectivity index (χ1v) is 8.98. The molecule has 7 nitrogen and oxygen atoms in total. The summed E-state index contributed by atoms with van der Waals surface area (Å²) in [5.41, 5.74) is 2.04. The summed E-state index contributed by atoms with van der Waals surface area (Å²) >= 11 is 0. The molecule has 0 atom stereocenters. The van der Waals surface area contributed by atoms with E-state index in [0.717, 1.165) is 0 Å². The molecule has 25 heavy (non-hydrogen) atoms. The van der Waals surface area contributed by atoms with E-state index in [1.165, 1.54) is 18.2 Å². The molecule has 0 radical (unpaired) electrons. The molecule has 2 aromatic rings. The fourth-order valence-electron chi connectivity index (χ4n) is 2.57. The summed E-state index contributed by atoms with van der Waals surface area (Å²) in [4.78, 5) is 13.9. The third-order valence-electron chi connectivity index (χ3n) is 3.76. The van der Waals surface area contributed by atoms with Gasteiger partial charge in [0.25, 0.3) is 5.91 Å². The minimum Gasteiger partial charge on any atom is -0.495 e. The number of methoxy groups -OCH3 is 1. The molecule has 8 heteroatoms. The van der Waals surface area contributed by atoms with Gasteiger partial charge in [-0.05, 0) is 36.4 Å². The van der Waals surface area contributed by atoms with E-state index in [9.17, 15) is 13.2 Å². The van der Waals surface area contributed by atoms with E-state index in [1.54, 1.807) is 30.2 Å². The highest BCUT2D eigenvalue weighted by molar-refractivity contribution is 7.89. The number of anilines is 2. The summed E-state index contributed by atoms with van der Waals surface area (Å²) in [6.45, 7) is 0.357. The van der Waals surface area contributed by atoms with Gasteiger partial charge in [-0.2, -0.15) is 0 Å². The molecule has 1 aliphatic heterocycles. The summed E-state index contributed by atoms with van der Waals surface area (Å²) in [6.07, 6.45) is 1.50. The molecule has 1 amide bonds. The standard InChI is InChI=1S/C17H17N3O4S/c1-24-16-5-3-2-4-15(16)20-11-13(10-17(20)21)19-12-6-8-14(9-7-12)25(18,22)23/h2-10,19H,11H2,1H3,(H2,18,22,23). The fourth-order valence-corrected chi connectivity index (χ4v) is 3.08. The van der Waals surface area contributed by atoms with Crippen LogP contribution in [0.4, 0.5) is 11.4 Å². The van der Waals surface area contributed by atoms with Crippen LogP contribution in [0, 0.1) is 0 Å². The fraction of sp³-hybridized carbons (Fsp3) is 0.118. The Kier molecular flexibility index (Phi) is 4.47. The van der Waals surface area contributed by atoms with Crippen LogP contribution >= 0.6 is 0 Å². The molecule has 0 bridgehead atoms. The van der Waals surface area contributed by atoms with Crippen LogP contribution in [0.1, 0.15) is 0 Å². The van der Waals surface area contributed by atoms with Gasteiger partial charge in [-0.25, -0.2) is 13.6 Å². The number of sulfonamides is 1. The molecule has 0 aromatic heterocycles. The van der Waals surface area contributed by atoms with Gasteiger partial charge in [-0.3, -0.25) is 9.69 Å². The number of ether oxygens (including phenoxy) is 1. The van der Waals surface area contributed by atoms with Gasteiger partial charge in [0.05, 0.1) is 24.2 Å². The van der Waals surface area contributed by atoms with E-state index in [1.807, 2.05) is 18.2 Å². The number of para-hydroxylation sites is 2. The van der Waals surface area contributed by atoms with Gasteiger partial charge in [-0.1, -0.05) is 12.1 Å². The predicted molar refractivity (Wildman–Crippen MR) is 94.9 cm³/mol. The van der Waals surface area contributed by atoms with Crippen LogP contribution < -0.4 is 20.1 Å². The van der Waals surface area contributed by atoms with Gasteiger partial charge >= 0.3 is 0 Å². The zero-order chi connectivity index (χ0) is 18.0. The summed E-state index contributed by atoms with van der Waals surface area (Å²) in [7, 11) is -2.17. The number of nitrogens with one attached hydrogen (secondary N) is 1. The van der Waals surface area contributed by atoms with Crippen molar-refractivity contribution in [2.45, 2.75) is 4.90 Å². The Bertz CT molecular complexity index is 937. The minimum absolute atomic E-state index is 0.0326. The van der Waals surface area contributed by atoms with Gasteiger partial charge in [0.15, 0.2) is 0 Å². The Morgan fingerprint density at radius 1 is 1.12 bits per heavy atom. The molecule has 0 aliphatic carbocycles. The number of nitrogens with zero attached hydrogens (tertiary/aromatic N) is 1. The van der Waals surface area contributed by atoms with Crippen molar-refractivity contribution in [1.29, 1.82) is 0 Å². The third-order valence-corrected chi connectivity index (χ3v) is 4.69. The number of hydrogen-bond donors (Lipinski definition) is 2. The summed E-state index contributed by atoms with van der Waals surface area (Å²) in [6, 6.07) is 13.3. The molecule has 3 N–H and O–H groups in total. The molecule has 0 unspecified atom stereocenters. The number of carbonyl (C=O) groups is 1. The number of amides is 1. The quantitative estimate of drug-likeness (QED) is 0.846. The predicted octanol–water partition coefficient (Wildman–Crippen LogP) is 1.69. The smallest absolute Gasteiger partial charge is 0.253 e. The molecule has 1 heterocycles. The van der Waals surface area contributed by atoms with E-state index in [4.69, 9.17) is 9.88 Å². The lowest BCUT2D eigenvalue weighted by Crippen LogP contribution is -2.26. The summed E-state index contributed by atoms with van der Waals surface area (Å²) < 4.78 is 27.8. The monoisotopic (exact) mass is 359 g/mol. The van der Waals surface area contributed by atoms with Gasteiger partial charge in [0.1, 0.15) is 5.75 Å². The molecule has 0 saturated heterocycles. The molecule has 0 spiro atoms. The molecular formula is C17H17N3O4S. The normalized spacial score (nSPS) is 14.4. The van der Waals surface area contributed by atoms with Crippen molar-refractivity contribution in [1.82, 2.24) is 0 Å². The molecule has 0 saturated carbocycles. The van der Waals surface area contributed by atoms with Crippen molar-refractivity contribution in [2.75, 3.05) is 23.9 Å². The highest BCUT2D eigenvalue weighted by Crippen LogP contribution is 2.31. The highest BCUT2D eigenvalue weighted by Gasteiger charge is 2.25. The number of benzene rings is 2. The molecule has 130 valence electrons. The van der Waals surface area contributed by atoms with Crippen LogP contribution in [0.5, 0.6) is 5.75 Å². The maximum atomic E-state index is 12.3. The first-order chi connectivity index (χ1) is 11.9. The Labute approximate surface area is 145 Å². The zero-order valence-electron chi connectivity index (χ0n) is 13.5. The van der Waals surface area contributed by atoms with E-state index in [0.29, 0.717) is 29.4 Å². The molecule has 3 rings (SSSR count). The van der Waals surface area contributed by atoms with Crippen LogP contribution in [0.3, 0.4) is 0 Å². The van der Waals surface area contributed by atoms with Gasteiger partial charge in [-0.15, -0.1) is 0 Å². The number of nitrogens with two attached hydrogens (primary N) is 1. The lowest BCUT2D eigenvalue weighted by atomic mass is 10.2. The number of hydrogen-bond acceptors (Lipinski definition) is 5. The number of primary sulfonamides is 1. The van der Waals surface area contributed by atoms with Crippen molar-refractivity contribution in [3.8, 4) is 5.75 Å². The summed E-state index contributed by atoms with van der Waals surface area (Å²) in [5, 5.41) is 8.19. The van der Waals surface area contributed by atoms with E-state index >= 15 is 0 Å². The average molecular weight is 359 g/mol. The van der Waals surface area contributed by atoms with Crippen LogP contribution in [-0.4, -0.2) is 28.0 Å². The first kappa shape index (κ1) is 17.0. The lowest BCUT2D eigenvalue weighted by Gasteiger charge is -2.19. The SMILES string of the molecule is COc1ccccc1N1CC(Nc2ccc(S(N)(=O)=O)cc2)=CC1=O. The Balaban J connectivity index is 1.75. The van der Waals surface area contributed by atoms with Gasteiger partial charge < -0.3 is 10.1 Å². The lowest BCUT2D eigenvalue weighted by molar-refractivity contribution is -0.113. The Morgan fingerprint density at radius 2 is 1.80 bits per heavy atom. The van der Waals surface area contributed by atoms with Crippen molar-refractivity contribution >= 4 is 27.3 Å². The van der Waals surface area contributed by atoms with Gasteiger partial charge in [0.2, 0.25) is 10.0 Å². The van der Waals surface area contributed by atoms with Crippen LogP contribution in [-0.2, 0) is 14.8 Å². The van der Waals surface area contributed by atoms with Crippen LogP contribution in [0.2, 0.25) is 0 Å². The first-order valence-electron chi connectivity index (χ1n) is 7.43. The average Bonchev–Trinajstić information content (AvgIpc) is 2.94. The number of rotatable bonds is 5. The number of carbonyl (C=O) groups excluding carboxylic acids is 1. The molecule has 1 aliphatic rings. The van der Waals surface area contributed by atoms with Crippen molar-refractivity contribution < 1.29 is 17.9 Å². The van der Waals surface area contributed by atoms with Crippen molar-refractivity contribution in [3.05, 3.63) is 60.3 Å². The maximum absolute atomic E-state index is 12.3. The van der Waals surface area contributed by atoms with E-state index in [2.05, 4.69) is 5.32 Å². The van der Waals surface area contributed by atoms with E-state index < -0.39 is 10.0 Å². The highest BCUT2D eigenvalue weighted by atomic mass is 32.2.